The number of urea groups is 1. The quantitative estimate of drug-likeness (QED) is 0.464. The molecule has 0 aliphatic heterocycles. The lowest BCUT2D eigenvalue weighted by molar-refractivity contribution is 0.251. The number of nitrogens with one attached hydrogen (secondary N) is 3. The molecule has 0 saturated heterocycles. The van der Waals surface area contributed by atoms with E-state index in [2.05, 4.69) is 20.3 Å². The second kappa shape index (κ2) is 9.87. The molecule has 0 fully saturated rings. The summed E-state index contributed by atoms with van der Waals surface area (Å²) < 4.78 is 8.56. The molecule has 0 spiro atoms. The van der Waals surface area contributed by atoms with Crippen LogP contribution in [-0.4, -0.2) is 18.1 Å². The number of anilines is 2. The summed E-state index contributed by atoms with van der Waals surface area (Å²) in [5.74, 6) is 0.741. The van der Waals surface area contributed by atoms with Gasteiger partial charge >= 0.3 is 6.03 Å². The molecule has 0 aliphatic carbocycles. The Morgan fingerprint density at radius 3 is 2.64 bits per heavy atom. The first-order valence-electron chi connectivity index (χ1n) is 8.44. The fourth-order valence-electron chi connectivity index (χ4n) is 2.33. The van der Waals surface area contributed by atoms with E-state index >= 15 is 0 Å². The normalized spacial score (nSPS) is 10.2. The number of aromatic nitrogens is 1. The summed E-state index contributed by atoms with van der Waals surface area (Å²) in [6.07, 6.45) is 3.41. The van der Waals surface area contributed by atoms with Crippen LogP contribution in [0.5, 0.6) is 5.75 Å². The van der Waals surface area contributed by atoms with Gasteiger partial charge in [-0.3, -0.25) is 4.98 Å². The summed E-state index contributed by atoms with van der Waals surface area (Å²) in [5.41, 5.74) is 2.51. The molecule has 6 nitrogen and oxygen atoms in total. The highest BCUT2D eigenvalue weighted by molar-refractivity contribution is 8.00. The van der Waals surface area contributed by atoms with Crippen molar-refractivity contribution in [1.82, 2.24) is 10.3 Å². The minimum absolute atomic E-state index is 0.275. The predicted molar refractivity (Wildman–Crippen MR) is 114 cm³/mol. The number of methoxy groups -OCH3 is 1. The number of benzene rings is 2. The third-order valence-corrected chi connectivity index (χ3v) is 4.83. The van der Waals surface area contributed by atoms with Crippen molar-refractivity contribution in [2.24, 2.45) is 0 Å². The molecule has 8 heteroatoms. The van der Waals surface area contributed by atoms with Gasteiger partial charge in [0.25, 0.3) is 0 Å². The summed E-state index contributed by atoms with van der Waals surface area (Å²) in [4.78, 5) is 16.9. The Balaban J connectivity index is 1.51. The second-order valence-electron chi connectivity index (χ2n) is 5.75. The average molecular weight is 415 g/mol. The molecule has 3 N–H and O–H groups in total. The van der Waals surface area contributed by atoms with Crippen LogP contribution in [0.1, 0.15) is 5.56 Å². The smallest absolute Gasteiger partial charge is 0.319 e. The van der Waals surface area contributed by atoms with Crippen LogP contribution >= 0.6 is 23.5 Å². The molecule has 0 saturated carbocycles. The number of rotatable bonds is 7. The van der Waals surface area contributed by atoms with Crippen LogP contribution in [0.2, 0.25) is 5.02 Å². The van der Waals surface area contributed by atoms with Gasteiger partial charge < -0.3 is 20.1 Å². The number of nitrogens with zero attached hydrogens (tertiary/aromatic N) is 1. The van der Waals surface area contributed by atoms with Crippen molar-refractivity contribution >= 4 is 41.0 Å². The van der Waals surface area contributed by atoms with Crippen molar-refractivity contribution in [3.8, 4) is 5.75 Å². The zero-order valence-corrected chi connectivity index (χ0v) is 16.7. The Bertz CT molecular complexity index is 923. The molecule has 0 radical (unpaired) electrons. The van der Waals surface area contributed by atoms with E-state index in [0.717, 1.165) is 21.9 Å². The monoisotopic (exact) mass is 414 g/mol. The number of hydrogen-bond donors (Lipinski definition) is 3. The lowest BCUT2D eigenvalue weighted by Crippen LogP contribution is -2.28. The fourth-order valence-corrected chi connectivity index (χ4v) is 3.36. The van der Waals surface area contributed by atoms with E-state index in [-0.39, 0.29) is 6.03 Å². The van der Waals surface area contributed by atoms with Gasteiger partial charge in [0.1, 0.15) is 5.75 Å². The molecule has 0 aliphatic rings. The van der Waals surface area contributed by atoms with Gasteiger partial charge in [-0.05, 0) is 66.0 Å². The summed E-state index contributed by atoms with van der Waals surface area (Å²) in [6, 6.07) is 16.3. The third kappa shape index (κ3) is 5.80. The van der Waals surface area contributed by atoms with E-state index in [4.69, 9.17) is 16.3 Å². The summed E-state index contributed by atoms with van der Waals surface area (Å²) in [5, 5.41) is 6.23. The highest BCUT2D eigenvalue weighted by atomic mass is 35.5. The molecular formula is C20H19ClN4O2S. The van der Waals surface area contributed by atoms with Gasteiger partial charge in [0.15, 0.2) is 0 Å². The highest BCUT2D eigenvalue weighted by Crippen LogP contribution is 2.32. The topological polar surface area (TPSA) is 75.3 Å². The number of halogens is 1. The third-order valence-electron chi connectivity index (χ3n) is 3.72. The van der Waals surface area contributed by atoms with Gasteiger partial charge in [0, 0.05) is 35.3 Å². The number of pyridine rings is 1. The van der Waals surface area contributed by atoms with E-state index in [0.29, 0.717) is 17.3 Å². The largest absolute Gasteiger partial charge is 0.496 e. The van der Waals surface area contributed by atoms with Crippen molar-refractivity contribution < 1.29 is 9.53 Å². The van der Waals surface area contributed by atoms with Gasteiger partial charge in [-0.25, -0.2) is 4.79 Å². The molecule has 1 heterocycles. The van der Waals surface area contributed by atoms with Gasteiger partial charge in [-0.15, -0.1) is 0 Å². The standard InChI is InChI=1S/C20H19ClN4O2S/c1-27-18-9-4-15(21)11-19(18)28-25-17-7-5-16(6-8-17)24-20(26)23-13-14-3-2-10-22-12-14/h2-12,25H,13H2,1H3,(H2,23,24,26). The first kappa shape index (κ1) is 19.9. The number of amides is 2. The number of hydrogen-bond acceptors (Lipinski definition) is 5. The number of carbonyl (C=O) groups is 1. The van der Waals surface area contributed by atoms with Crippen LogP contribution in [-0.2, 0) is 6.54 Å². The van der Waals surface area contributed by atoms with Crippen LogP contribution in [0.25, 0.3) is 0 Å². The van der Waals surface area contributed by atoms with Gasteiger partial charge in [-0.1, -0.05) is 17.7 Å². The van der Waals surface area contributed by atoms with Crippen LogP contribution < -0.4 is 20.1 Å². The van der Waals surface area contributed by atoms with Crippen molar-refractivity contribution in [2.75, 3.05) is 17.1 Å². The zero-order valence-electron chi connectivity index (χ0n) is 15.1. The molecule has 3 rings (SSSR count). The Morgan fingerprint density at radius 1 is 1.14 bits per heavy atom. The minimum Gasteiger partial charge on any atom is -0.496 e. The number of carbonyl (C=O) groups excluding carboxylic acids is 1. The lowest BCUT2D eigenvalue weighted by Gasteiger charge is -2.11. The molecule has 1 aromatic heterocycles. The second-order valence-corrected chi connectivity index (χ2v) is 7.03. The molecule has 144 valence electrons. The molecule has 2 amide bonds. The van der Waals surface area contributed by atoms with Crippen molar-refractivity contribution in [3.63, 3.8) is 0 Å². The minimum atomic E-state index is -0.275. The van der Waals surface area contributed by atoms with E-state index in [1.165, 1.54) is 11.9 Å². The molecule has 28 heavy (non-hydrogen) atoms. The summed E-state index contributed by atoms with van der Waals surface area (Å²) >= 11 is 7.44. The first-order valence-corrected chi connectivity index (χ1v) is 9.64. The lowest BCUT2D eigenvalue weighted by atomic mass is 10.3. The average Bonchev–Trinajstić information content (AvgIpc) is 2.72. The van der Waals surface area contributed by atoms with Gasteiger partial charge in [-0.2, -0.15) is 0 Å². The Morgan fingerprint density at radius 2 is 1.93 bits per heavy atom. The summed E-state index contributed by atoms with van der Waals surface area (Å²) in [7, 11) is 1.62. The van der Waals surface area contributed by atoms with Gasteiger partial charge in [0.05, 0.1) is 12.0 Å². The number of ether oxygens (including phenoxy) is 1. The molecular weight excluding hydrogens is 396 g/mol. The highest BCUT2D eigenvalue weighted by Gasteiger charge is 2.06. The van der Waals surface area contributed by atoms with Crippen LogP contribution in [0, 0.1) is 0 Å². The maximum absolute atomic E-state index is 12.0. The molecule has 2 aromatic carbocycles. The van der Waals surface area contributed by atoms with E-state index in [1.807, 2.05) is 48.5 Å². The fraction of sp³-hybridized carbons (Fsp3) is 0.100. The Kier molecular flexibility index (Phi) is 7.00. The first-order chi connectivity index (χ1) is 13.6. The van der Waals surface area contributed by atoms with Crippen molar-refractivity contribution in [1.29, 1.82) is 0 Å². The summed E-state index contributed by atoms with van der Waals surface area (Å²) in [6.45, 7) is 0.414. The molecule has 0 unspecified atom stereocenters. The molecule has 0 atom stereocenters. The molecule has 3 aromatic rings. The maximum atomic E-state index is 12.0. The van der Waals surface area contributed by atoms with Crippen LogP contribution in [0.15, 0.2) is 71.9 Å². The van der Waals surface area contributed by atoms with E-state index < -0.39 is 0 Å². The zero-order chi connectivity index (χ0) is 19.8. The Hall–Kier alpha value is -2.90. The van der Waals surface area contributed by atoms with E-state index in [1.54, 1.807) is 25.6 Å². The van der Waals surface area contributed by atoms with Crippen molar-refractivity contribution in [2.45, 2.75) is 11.4 Å². The molecule has 0 bridgehead atoms. The SMILES string of the molecule is COc1ccc(Cl)cc1SNc1ccc(NC(=O)NCc2cccnc2)cc1. The van der Waals surface area contributed by atoms with Crippen LogP contribution in [0.3, 0.4) is 0 Å². The van der Waals surface area contributed by atoms with E-state index in [9.17, 15) is 4.79 Å². The van der Waals surface area contributed by atoms with Gasteiger partial charge in [0.2, 0.25) is 0 Å². The maximum Gasteiger partial charge on any atom is 0.319 e. The van der Waals surface area contributed by atoms with Crippen LogP contribution in [0.4, 0.5) is 16.2 Å². The Labute approximate surface area is 172 Å². The predicted octanol–water partition coefficient (Wildman–Crippen LogP) is 5.18. The van der Waals surface area contributed by atoms with Crippen molar-refractivity contribution in [3.05, 3.63) is 77.6 Å².